The second-order valence-corrected chi connectivity index (χ2v) is 6.48. The number of fused-ring (bicyclic) bond motifs is 1. The Labute approximate surface area is 130 Å². The lowest BCUT2D eigenvalue weighted by atomic mass is 10.0. The van der Waals surface area contributed by atoms with Gasteiger partial charge in [0.1, 0.15) is 0 Å². The first-order valence-electron chi connectivity index (χ1n) is 7.53. The molecule has 0 aromatic heterocycles. The first-order valence-corrected chi connectivity index (χ1v) is 7.90. The summed E-state index contributed by atoms with van der Waals surface area (Å²) in [5.41, 5.74) is 2.84. The average molecular weight is 293 g/mol. The van der Waals surface area contributed by atoms with Crippen LogP contribution in [0.25, 0.3) is 10.8 Å². The molecule has 4 rings (SSSR count). The first-order chi connectivity index (χ1) is 10.3. The molecule has 104 valence electrons. The van der Waals surface area contributed by atoms with E-state index in [1.54, 1.807) is 0 Å². The van der Waals surface area contributed by atoms with Gasteiger partial charge < -0.3 is 0 Å². The summed E-state index contributed by atoms with van der Waals surface area (Å²) in [5.74, 6) is 1.46. The van der Waals surface area contributed by atoms with E-state index >= 15 is 0 Å². The van der Waals surface area contributed by atoms with Gasteiger partial charge in [-0.2, -0.15) is 0 Å². The standard InChI is InChI=1S/C20H17Cl/c21-19-7-3-6-17(12-19)20-13-18(20)11-14-8-9-15-4-1-2-5-16(15)10-14/h1-10,12,18,20H,11,13H2. The van der Waals surface area contributed by atoms with Crippen molar-refractivity contribution in [2.24, 2.45) is 5.92 Å². The van der Waals surface area contributed by atoms with Crippen LogP contribution in [0.5, 0.6) is 0 Å². The molecule has 21 heavy (non-hydrogen) atoms. The van der Waals surface area contributed by atoms with Crippen LogP contribution in [0.2, 0.25) is 5.02 Å². The van der Waals surface area contributed by atoms with Crippen molar-refractivity contribution in [2.45, 2.75) is 18.8 Å². The zero-order chi connectivity index (χ0) is 14.2. The number of hydrogen-bond acceptors (Lipinski definition) is 0. The fourth-order valence-corrected chi connectivity index (χ4v) is 3.49. The third-order valence-electron chi connectivity index (χ3n) is 4.51. The van der Waals surface area contributed by atoms with Crippen LogP contribution in [0.1, 0.15) is 23.5 Å². The molecule has 2 atom stereocenters. The van der Waals surface area contributed by atoms with E-state index in [-0.39, 0.29) is 0 Å². The van der Waals surface area contributed by atoms with Crippen molar-refractivity contribution in [3.05, 3.63) is 82.9 Å². The molecular formula is C20H17Cl. The second kappa shape index (κ2) is 5.20. The number of halogens is 1. The van der Waals surface area contributed by atoms with E-state index in [1.807, 2.05) is 6.07 Å². The van der Waals surface area contributed by atoms with Crippen LogP contribution in [0.4, 0.5) is 0 Å². The van der Waals surface area contributed by atoms with Crippen LogP contribution in [-0.4, -0.2) is 0 Å². The summed E-state index contributed by atoms with van der Waals surface area (Å²) in [4.78, 5) is 0. The molecule has 1 fully saturated rings. The Morgan fingerprint density at radius 2 is 1.71 bits per heavy atom. The molecule has 3 aromatic carbocycles. The van der Waals surface area contributed by atoms with Gasteiger partial charge in [-0.05, 0) is 58.7 Å². The minimum absolute atomic E-state index is 0.690. The summed E-state index contributed by atoms with van der Waals surface area (Å²) in [6, 6.07) is 23.7. The van der Waals surface area contributed by atoms with E-state index in [9.17, 15) is 0 Å². The molecule has 1 aliphatic rings. The van der Waals surface area contributed by atoms with E-state index < -0.39 is 0 Å². The minimum atomic E-state index is 0.690. The molecule has 0 amide bonds. The van der Waals surface area contributed by atoms with Crippen molar-refractivity contribution in [3.63, 3.8) is 0 Å². The quantitative estimate of drug-likeness (QED) is 0.569. The van der Waals surface area contributed by atoms with Crippen LogP contribution in [-0.2, 0) is 6.42 Å². The van der Waals surface area contributed by atoms with E-state index in [0.29, 0.717) is 5.92 Å². The Morgan fingerprint density at radius 3 is 2.57 bits per heavy atom. The van der Waals surface area contributed by atoms with Gasteiger partial charge in [0.15, 0.2) is 0 Å². The molecule has 0 bridgehead atoms. The predicted octanol–water partition coefficient (Wildman–Crippen LogP) is 5.84. The highest BCUT2D eigenvalue weighted by Gasteiger charge is 2.37. The molecule has 1 aliphatic carbocycles. The van der Waals surface area contributed by atoms with Gasteiger partial charge in [0.05, 0.1) is 0 Å². The number of benzene rings is 3. The molecule has 0 heterocycles. The molecule has 0 saturated heterocycles. The Balaban J connectivity index is 1.51. The summed E-state index contributed by atoms with van der Waals surface area (Å²) in [5, 5.41) is 3.52. The topological polar surface area (TPSA) is 0 Å². The van der Waals surface area contributed by atoms with Gasteiger partial charge in [0.2, 0.25) is 0 Å². The fraction of sp³-hybridized carbons (Fsp3) is 0.200. The zero-order valence-electron chi connectivity index (χ0n) is 11.8. The first kappa shape index (κ1) is 12.9. The van der Waals surface area contributed by atoms with Crippen LogP contribution < -0.4 is 0 Å². The lowest BCUT2D eigenvalue weighted by Gasteiger charge is -2.04. The Morgan fingerprint density at radius 1 is 0.857 bits per heavy atom. The lowest BCUT2D eigenvalue weighted by molar-refractivity contribution is 0.796. The molecule has 2 unspecified atom stereocenters. The van der Waals surface area contributed by atoms with Gasteiger partial charge in [-0.1, -0.05) is 66.2 Å². The zero-order valence-corrected chi connectivity index (χ0v) is 12.6. The van der Waals surface area contributed by atoms with E-state index in [0.717, 1.165) is 10.9 Å². The van der Waals surface area contributed by atoms with Crippen molar-refractivity contribution in [3.8, 4) is 0 Å². The highest BCUT2D eigenvalue weighted by molar-refractivity contribution is 6.30. The van der Waals surface area contributed by atoms with Gasteiger partial charge in [-0.3, -0.25) is 0 Å². The van der Waals surface area contributed by atoms with E-state index in [2.05, 4.69) is 60.7 Å². The predicted molar refractivity (Wildman–Crippen MR) is 90.0 cm³/mol. The van der Waals surface area contributed by atoms with Crippen molar-refractivity contribution in [1.29, 1.82) is 0 Å². The SMILES string of the molecule is Clc1cccc(C2CC2Cc2ccc3ccccc3c2)c1. The largest absolute Gasteiger partial charge is 0.0843 e. The molecule has 1 saturated carbocycles. The summed E-state index contributed by atoms with van der Waals surface area (Å²) in [6.45, 7) is 0. The maximum Gasteiger partial charge on any atom is 0.0408 e. The lowest BCUT2D eigenvalue weighted by Crippen LogP contribution is -1.90. The maximum atomic E-state index is 6.09. The monoisotopic (exact) mass is 292 g/mol. The molecular weight excluding hydrogens is 276 g/mol. The molecule has 0 radical (unpaired) electrons. The van der Waals surface area contributed by atoms with Crippen LogP contribution >= 0.6 is 11.6 Å². The highest BCUT2D eigenvalue weighted by Crippen LogP contribution is 2.49. The van der Waals surface area contributed by atoms with Gasteiger partial charge >= 0.3 is 0 Å². The molecule has 3 aromatic rings. The van der Waals surface area contributed by atoms with Crippen molar-refractivity contribution >= 4 is 22.4 Å². The normalized spacial score (nSPS) is 20.6. The van der Waals surface area contributed by atoms with Crippen molar-refractivity contribution in [1.82, 2.24) is 0 Å². The van der Waals surface area contributed by atoms with Crippen LogP contribution in [0, 0.1) is 5.92 Å². The maximum absolute atomic E-state index is 6.09. The van der Waals surface area contributed by atoms with Gasteiger partial charge in [-0.15, -0.1) is 0 Å². The van der Waals surface area contributed by atoms with Gasteiger partial charge in [-0.25, -0.2) is 0 Å². The molecule has 0 spiro atoms. The summed E-state index contributed by atoms with van der Waals surface area (Å²) in [6.07, 6.45) is 2.45. The Hall–Kier alpha value is -1.79. The van der Waals surface area contributed by atoms with Gasteiger partial charge in [0.25, 0.3) is 0 Å². The van der Waals surface area contributed by atoms with Crippen molar-refractivity contribution < 1.29 is 0 Å². The van der Waals surface area contributed by atoms with E-state index in [4.69, 9.17) is 11.6 Å². The minimum Gasteiger partial charge on any atom is -0.0843 e. The fourth-order valence-electron chi connectivity index (χ4n) is 3.29. The third kappa shape index (κ3) is 2.69. The second-order valence-electron chi connectivity index (χ2n) is 6.04. The number of rotatable bonds is 3. The Bertz CT molecular complexity index is 790. The van der Waals surface area contributed by atoms with Crippen molar-refractivity contribution in [2.75, 3.05) is 0 Å². The number of hydrogen-bond donors (Lipinski definition) is 0. The Kier molecular flexibility index (Phi) is 3.20. The smallest absolute Gasteiger partial charge is 0.0408 e. The summed E-state index contributed by atoms with van der Waals surface area (Å²) < 4.78 is 0. The van der Waals surface area contributed by atoms with Crippen LogP contribution in [0.15, 0.2) is 66.7 Å². The van der Waals surface area contributed by atoms with Crippen LogP contribution in [0.3, 0.4) is 0 Å². The summed E-state index contributed by atoms with van der Waals surface area (Å²) in [7, 11) is 0. The molecule has 0 N–H and O–H groups in total. The van der Waals surface area contributed by atoms with Gasteiger partial charge in [0, 0.05) is 5.02 Å². The third-order valence-corrected chi connectivity index (χ3v) is 4.75. The highest BCUT2D eigenvalue weighted by atomic mass is 35.5. The summed E-state index contributed by atoms with van der Waals surface area (Å²) >= 11 is 6.09. The molecule has 0 aliphatic heterocycles. The van der Waals surface area contributed by atoms with E-state index in [1.165, 1.54) is 34.7 Å². The average Bonchev–Trinajstić information content (AvgIpc) is 3.26. The molecule has 1 heteroatoms. The molecule has 0 nitrogen and oxygen atoms in total.